The summed E-state index contributed by atoms with van der Waals surface area (Å²) in [6.07, 6.45) is 1.38. The van der Waals surface area contributed by atoms with Gasteiger partial charge in [-0.1, -0.05) is 12.1 Å². The van der Waals surface area contributed by atoms with E-state index in [1.807, 2.05) is 19.2 Å². The van der Waals surface area contributed by atoms with Crippen LogP contribution in [0.25, 0.3) is 0 Å². The first-order chi connectivity index (χ1) is 8.11. The van der Waals surface area contributed by atoms with Gasteiger partial charge < -0.3 is 15.2 Å². The van der Waals surface area contributed by atoms with E-state index in [1.54, 1.807) is 6.92 Å². The Morgan fingerprint density at radius 3 is 2.41 bits per heavy atom. The van der Waals surface area contributed by atoms with Crippen molar-refractivity contribution in [3.63, 3.8) is 0 Å². The zero-order valence-electron chi connectivity index (χ0n) is 10.9. The highest BCUT2D eigenvalue weighted by Gasteiger charge is 2.01. The quantitative estimate of drug-likeness (QED) is 0.762. The summed E-state index contributed by atoms with van der Waals surface area (Å²) in [5.41, 5.74) is 1.30. The fourth-order valence-electron chi connectivity index (χ4n) is 1.52. The standard InChI is InChI=1S/C14H23NO2/c1-11(15-3)10-13-4-6-14(7-5-13)17-9-8-12(2)16/h4-7,11-12,15-16H,8-10H2,1-3H3. The van der Waals surface area contributed by atoms with Gasteiger partial charge in [0.1, 0.15) is 5.75 Å². The van der Waals surface area contributed by atoms with Crippen molar-refractivity contribution < 1.29 is 9.84 Å². The van der Waals surface area contributed by atoms with E-state index >= 15 is 0 Å². The van der Waals surface area contributed by atoms with Crippen molar-refractivity contribution in [1.82, 2.24) is 5.32 Å². The van der Waals surface area contributed by atoms with Gasteiger partial charge in [0.15, 0.2) is 0 Å². The second-order valence-corrected chi connectivity index (χ2v) is 4.52. The Bertz CT molecular complexity index is 309. The Labute approximate surface area is 104 Å². The molecular weight excluding hydrogens is 214 g/mol. The number of hydrogen-bond donors (Lipinski definition) is 2. The van der Waals surface area contributed by atoms with Crippen molar-refractivity contribution in [2.75, 3.05) is 13.7 Å². The molecule has 0 amide bonds. The smallest absolute Gasteiger partial charge is 0.119 e. The fraction of sp³-hybridized carbons (Fsp3) is 0.571. The van der Waals surface area contributed by atoms with Gasteiger partial charge in [-0.3, -0.25) is 0 Å². The van der Waals surface area contributed by atoms with Crippen LogP contribution in [0.2, 0.25) is 0 Å². The van der Waals surface area contributed by atoms with Crippen LogP contribution in [-0.2, 0) is 6.42 Å². The van der Waals surface area contributed by atoms with Crippen LogP contribution in [0.15, 0.2) is 24.3 Å². The zero-order chi connectivity index (χ0) is 12.7. The van der Waals surface area contributed by atoms with Crippen LogP contribution in [-0.4, -0.2) is 30.9 Å². The fourth-order valence-corrected chi connectivity index (χ4v) is 1.52. The zero-order valence-corrected chi connectivity index (χ0v) is 10.9. The van der Waals surface area contributed by atoms with Crippen molar-refractivity contribution in [2.24, 2.45) is 0 Å². The summed E-state index contributed by atoms with van der Waals surface area (Å²) >= 11 is 0. The second kappa shape index (κ2) is 7.30. The molecule has 0 aliphatic rings. The molecule has 2 N–H and O–H groups in total. The highest BCUT2D eigenvalue weighted by molar-refractivity contribution is 5.27. The lowest BCUT2D eigenvalue weighted by molar-refractivity contribution is 0.155. The molecule has 0 spiro atoms. The second-order valence-electron chi connectivity index (χ2n) is 4.52. The van der Waals surface area contributed by atoms with Crippen molar-refractivity contribution in [3.05, 3.63) is 29.8 Å². The van der Waals surface area contributed by atoms with Crippen LogP contribution in [0.1, 0.15) is 25.8 Å². The Hall–Kier alpha value is -1.06. The molecule has 3 heteroatoms. The first-order valence-electron chi connectivity index (χ1n) is 6.19. The predicted molar refractivity (Wildman–Crippen MR) is 70.5 cm³/mol. The molecule has 96 valence electrons. The minimum Gasteiger partial charge on any atom is -0.493 e. The van der Waals surface area contributed by atoms with Gasteiger partial charge in [0.25, 0.3) is 0 Å². The number of aliphatic hydroxyl groups is 1. The summed E-state index contributed by atoms with van der Waals surface area (Å²) in [6.45, 7) is 4.49. The van der Waals surface area contributed by atoms with Crippen molar-refractivity contribution in [1.29, 1.82) is 0 Å². The number of nitrogens with one attached hydrogen (secondary N) is 1. The first-order valence-corrected chi connectivity index (χ1v) is 6.19. The molecule has 0 aliphatic carbocycles. The highest BCUT2D eigenvalue weighted by atomic mass is 16.5. The van der Waals surface area contributed by atoms with Gasteiger partial charge in [0.2, 0.25) is 0 Å². The lowest BCUT2D eigenvalue weighted by Crippen LogP contribution is -2.23. The topological polar surface area (TPSA) is 41.5 Å². The molecule has 3 nitrogen and oxygen atoms in total. The lowest BCUT2D eigenvalue weighted by Gasteiger charge is -2.11. The van der Waals surface area contributed by atoms with Crippen LogP contribution in [0, 0.1) is 0 Å². The molecule has 0 saturated heterocycles. The molecule has 17 heavy (non-hydrogen) atoms. The summed E-state index contributed by atoms with van der Waals surface area (Å²) in [5.74, 6) is 0.867. The summed E-state index contributed by atoms with van der Waals surface area (Å²) < 4.78 is 5.53. The van der Waals surface area contributed by atoms with E-state index in [-0.39, 0.29) is 6.10 Å². The van der Waals surface area contributed by atoms with E-state index in [0.717, 1.165) is 12.2 Å². The van der Waals surface area contributed by atoms with Gasteiger partial charge in [-0.15, -0.1) is 0 Å². The van der Waals surface area contributed by atoms with Crippen LogP contribution in [0.3, 0.4) is 0 Å². The van der Waals surface area contributed by atoms with Gasteiger partial charge in [0, 0.05) is 12.5 Å². The Morgan fingerprint density at radius 2 is 1.88 bits per heavy atom. The van der Waals surface area contributed by atoms with E-state index in [4.69, 9.17) is 9.84 Å². The van der Waals surface area contributed by atoms with Gasteiger partial charge in [0.05, 0.1) is 12.7 Å². The number of ether oxygens (including phenoxy) is 1. The molecule has 0 bridgehead atoms. The third kappa shape index (κ3) is 5.71. The average Bonchev–Trinajstić information content (AvgIpc) is 2.31. The third-order valence-corrected chi connectivity index (χ3v) is 2.76. The maximum Gasteiger partial charge on any atom is 0.119 e. The number of likely N-dealkylation sites (N-methyl/N-ethyl adjacent to an activating group) is 1. The van der Waals surface area contributed by atoms with Crippen LogP contribution < -0.4 is 10.1 Å². The Balaban J connectivity index is 2.39. The van der Waals surface area contributed by atoms with E-state index < -0.39 is 0 Å². The maximum atomic E-state index is 9.11. The Kier molecular flexibility index (Phi) is 6.01. The van der Waals surface area contributed by atoms with E-state index in [9.17, 15) is 0 Å². The van der Waals surface area contributed by atoms with Gasteiger partial charge in [-0.2, -0.15) is 0 Å². The number of rotatable bonds is 7. The minimum atomic E-state index is -0.300. The van der Waals surface area contributed by atoms with Crippen LogP contribution >= 0.6 is 0 Å². The molecule has 0 aliphatic heterocycles. The number of aliphatic hydroxyl groups excluding tert-OH is 1. The molecule has 1 aromatic rings. The third-order valence-electron chi connectivity index (χ3n) is 2.76. The molecule has 0 fully saturated rings. The maximum absolute atomic E-state index is 9.11. The van der Waals surface area contributed by atoms with Gasteiger partial charge in [-0.25, -0.2) is 0 Å². The molecule has 0 radical (unpaired) electrons. The van der Waals surface area contributed by atoms with Gasteiger partial charge >= 0.3 is 0 Å². The largest absolute Gasteiger partial charge is 0.493 e. The molecule has 0 aromatic heterocycles. The van der Waals surface area contributed by atoms with E-state index in [0.29, 0.717) is 19.1 Å². The molecule has 1 aromatic carbocycles. The Morgan fingerprint density at radius 1 is 1.24 bits per heavy atom. The van der Waals surface area contributed by atoms with Crippen molar-refractivity contribution in [2.45, 2.75) is 38.8 Å². The molecule has 1 rings (SSSR count). The SMILES string of the molecule is CNC(C)Cc1ccc(OCCC(C)O)cc1. The van der Waals surface area contributed by atoms with Gasteiger partial charge in [-0.05, 0) is 45.0 Å². The van der Waals surface area contributed by atoms with Crippen LogP contribution in [0.4, 0.5) is 0 Å². The minimum absolute atomic E-state index is 0.300. The highest BCUT2D eigenvalue weighted by Crippen LogP contribution is 2.13. The van der Waals surface area contributed by atoms with Crippen molar-refractivity contribution >= 4 is 0 Å². The molecule has 0 heterocycles. The summed E-state index contributed by atoms with van der Waals surface area (Å²) in [6, 6.07) is 8.63. The first kappa shape index (κ1) is 14.0. The lowest BCUT2D eigenvalue weighted by atomic mass is 10.1. The van der Waals surface area contributed by atoms with E-state index in [2.05, 4.69) is 24.4 Å². The number of hydrogen-bond acceptors (Lipinski definition) is 3. The summed E-state index contributed by atoms with van der Waals surface area (Å²) in [7, 11) is 1.97. The molecule has 2 unspecified atom stereocenters. The average molecular weight is 237 g/mol. The molecule has 0 saturated carbocycles. The predicted octanol–water partition coefficient (Wildman–Crippen LogP) is 1.99. The monoisotopic (exact) mass is 237 g/mol. The summed E-state index contributed by atoms with van der Waals surface area (Å²) in [4.78, 5) is 0. The number of benzene rings is 1. The van der Waals surface area contributed by atoms with Crippen molar-refractivity contribution in [3.8, 4) is 5.75 Å². The van der Waals surface area contributed by atoms with Crippen LogP contribution in [0.5, 0.6) is 5.75 Å². The molecule has 2 atom stereocenters. The molecular formula is C14H23NO2. The van der Waals surface area contributed by atoms with E-state index in [1.165, 1.54) is 5.56 Å². The summed E-state index contributed by atoms with van der Waals surface area (Å²) in [5, 5.41) is 12.3. The normalized spacial score (nSPS) is 14.4.